The molecule has 13 nitrogen and oxygen atoms in total. The number of amidine groups is 1. The first-order valence-corrected chi connectivity index (χ1v) is 19.1. The SMILES string of the molecule is CCc1nc(-c2cccc3cc(-c4ccc(C(N)=NCC#Cc5cccc(C)c5CN(C=O)C5CCC(=O)NC5=O)c(NC)c4)ncc23)c2n1CCN(C(C)=O)C2. The number of amides is 4. The summed E-state index contributed by atoms with van der Waals surface area (Å²) in [5.74, 6) is 6.86. The van der Waals surface area contributed by atoms with Crippen molar-refractivity contribution in [2.24, 2.45) is 10.7 Å². The van der Waals surface area contributed by atoms with Gasteiger partial charge in [0.15, 0.2) is 0 Å². The van der Waals surface area contributed by atoms with Crippen LogP contribution in [0.3, 0.4) is 0 Å². The summed E-state index contributed by atoms with van der Waals surface area (Å²) in [5.41, 5.74) is 15.1. The summed E-state index contributed by atoms with van der Waals surface area (Å²) in [4.78, 5) is 66.2. The molecule has 1 unspecified atom stereocenters. The van der Waals surface area contributed by atoms with Gasteiger partial charge in [-0.25, -0.2) is 4.98 Å². The summed E-state index contributed by atoms with van der Waals surface area (Å²) in [7, 11) is 1.83. The third kappa shape index (κ3) is 7.84. The summed E-state index contributed by atoms with van der Waals surface area (Å²) in [6, 6.07) is 19.1. The highest BCUT2D eigenvalue weighted by Gasteiger charge is 2.32. The number of aryl methyl sites for hydroxylation is 2. The van der Waals surface area contributed by atoms with Crippen LogP contribution in [-0.2, 0) is 45.2 Å². The Hall–Kier alpha value is -6.81. The number of aliphatic imine (C=N–C) groups is 1. The molecule has 4 N–H and O–H groups in total. The van der Waals surface area contributed by atoms with E-state index in [-0.39, 0.29) is 37.7 Å². The molecule has 3 aromatic carbocycles. The number of anilines is 1. The molecule has 2 aromatic heterocycles. The van der Waals surface area contributed by atoms with Crippen LogP contribution in [0.5, 0.6) is 0 Å². The van der Waals surface area contributed by atoms with E-state index in [1.165, 1.54) is 4.90 Å². The second kappa shape index (κ2) is 16.5. The Morgan fingerprint density at radius 1 is 1.14 bits per heavy atom. The predicted octanol–water partition coefficient (Wildman–Crippen LogP) is 4.56. The molecule has 13 heteroatoms. The van der Waals surface area contributed by atoms with Crippen LogP contribution in [0.2, 0.25) is 0 Å². The van der Waals surface area contributed by atoms with Gasteiger partial charge >= 0.3 is 0 Å². The Morgan fingerprint density at radius 2 is 1.96 bits per heavy atom. The monoisotopic (exact) mass is 763 g/mol. The van der Waals surface area contributed by atoms with Crippen LogP contribution in [0.15, 0.2) is 71.9 Å². The van der Waals surface area contributed by atoms with Crippen LogP contribution in [0.4, 0.5) is 5.69 Å². The number of aromatic nitrogens is 3. The number of carbonyl (C=O) groups is 4. The average molecular weight is 764 g/mol. The highest BCUT2D eigenvalue weighted by atomic mass is 16.2. The molecular formula is C44H45N9O4. The van der Waals surface area contributed by atoms with Crippen LogP contribution < -0.4 is 16.4 Å². The van der Waals surface area contributed by atoms with Crippen LogP contribution in [0.1, 0.15) is 60.5 Å². The van der Waals surface area contributed by atoms with Gasteiger partial charge in [-0.05, 0) is 54.1 Å². The standard InChI is InChI=1S/C44H45N9O4/c1-5-40-49-42(39-25-51(28(3)55)19-20-53(39)40)32-13-7-11-30-21-36(48-23-34(30)32)31-14-15-33(37(22-31)46-4)43(45)47-18-8-12-29-10-6-9-27(2)35(29)24-52(26-54)38-16-17-41(56)50-44(38)57/h6-7,9-11,13-15,21-23,26,38,46H,5,16-20,24-25H2,1-4H3,(H2,45,47)(H,50,56,57). The lowest BCUT2D eigenvalue weighted by Crippen LogP contribution is -2.51. The minimum atomic E-state index is -0.725. The zero-order valence-electron chi connectivity index (χ0n) is 32.6. The molecule has 0 bridgehead atoms. The molecule has 57 heavy (non-hydrogen) atoms. The van der Waals surface area contributed by atoms with Gasteiger partial charge in [0.2, 0.25) is 24.1 Å². The van der Waals surface area contributed by atoms with E-state index in [2.05, 4.69) is 57.2 Å². The van der Waals surface area contributed by atoms with Crippen molar-refractivity contribution in [2.75, 3.05) is 25.5 Å². The first kappa shape index (κ1) is 38.5. The maximum atomic E-state index is 12.5. The number of hydrogen-bond acceptors (Lipinski definition) is 8. The maximum Gasteiger partial charge on any atom is 0.249 e. The van der Waals surface area contributed by atoms with Crippen molar-refractivity contribution in [2.45, 2.75) is 65.7 Å². The minimum Gasteiger partial charge on any atom is -0.388 e. The third-order valence-corrected chi connectivity index (χ3v) is 10.8. The van der Waals surface area contributed by atoms with E-state index in [1.807, 2.05) is 67.5 Å². The Morgan fingerprint density at radius 3 is 2.72 bits per heavy atom. The van der Waals surface area contributed by atoms with Gasteiger partial charge < -0.3 is 25.4 Å². The van der Waals surface area contributed by atoms with Crippen LogP contribution in [-0.4, -0.2) is 80.5 Å². The lowest BCUT2D eigenvalue weighted by Gasteiger charge is -2.30. The second-order valence-corrected chi connectivity index (χ2v) is 14.2. The number of imide groups is 1. The van der Waals surface area contributed by atoms with Gasteiger partial charge in [0.05, 0.1) is 23.6 Å². The molecule has 1 fully saturated rings. The van der Waals surface area contributed by atoms with Gasteiger partial charge in [-0.15, -0.1) is 0 Å². The predicted molar refractivity (Wildman–Crippen MR) is 220 cm³/mol. The zero-order chi connectivity index (χ0) is 40.2. The molecule has 5 aromatic rings. The van der Waals surface area contributed by atoms with Gasteiger partial charge in [0, 0.05) is 86.0 Å². The molecule has 4 amide bonds. The van der Waals surface area contributed by atoms with Crippen molar-refractivity contribution in [3.05, 3.63) is 101 Å². The molecule has 290 valence electrons. The summed E-state index contributed by atoms with van der Waals surface area (Å²) < 4.78 is 2.26. The van der Waals surface area contributed by atoms with E-state index < -0.39 is 11.9 Å². The maximum absolute atomic E-state index is 12.5. The Labute approximate surface area is 331 Å². The molecule has 1 atom stereocenters. The number of benzene rings is 3. The van der Waals surface area contributed by atoms with E-state index in [0.29, 0.717) is 30.9 Å². The Kier molecular flexibility index (Phi) is 11.1. The molecule has 4 heterocycles. The van der Waals surface area contributed by atoms with Gasteiger partial charge in [-0.1, -0.05) is 55.2 Å². The summed E-state index contributed by atoms with van der Waals surface area (Å²) in [6.07, 6.45) is 3.80. The molecular weight excluding hydrogens is 719 g/mol. The van der Waals surface area contributed by atoms with Crippen molar-refractivity contribution < 1.29 is 19.2 Å². The average Bonchev–Trinajstić information content (AvgIpc) is 3.59. The lowest BCUT2D eigenvalue weighted by atomic mass is 9.99. The molecule has 0 spiro atoms. The molecule has 2 aliphatic heterocycles. The highest BCUT2D eigenvalue weighted by molar-refractivity contribution is 6.04. The largest absolute Gasteiger partial charge is 0.388 e. The summed E-state index contributed by atoms with van der Waals surface area (Å²) in [6.45, 7) is 7.90. The summed E-state index contributed by atoms with van der Waals surface area (Å²) in [5, 5.41) is 7.58. The first-order valence-electron chi connectivity index (χ1n) is 19.1. The number of nitrogens with zero attached hydrogens (tertiary/aromatic N) is 6. The molecule has 0 saturated carbocycles. The second-order valence-electron chi connectivity index (χ2n) is 14.2. The molecule has 2 aliphatic rings. The van der Waals surface area contributed by atoms with E-state index in [4.69, 9.17) is 15.7 Å². The quantitative estimate of drug-likeness (QED) is 0.0612. The number of hydrogen-bond donors (Lipinski definition) is 3. The van der Waals surface area contributed by atoms with Crippen molar-refractivity contribution in [1.82, 2.24) is 29.7 Å². The van der Waals surface area contributed by atoms with Crippen molar-refractivity contribution >= 4 is 46.4 Å². The van der Waals surface area contributed by atoms with Gasteiger partial charge in [0.1, 0.15) is 24.2 Å². The number of rotatable bonds is 10. The molecule has 0 aliphatic carbocycles. The molecule has 1 saturated heterocycles. The lowest BCUT2D eigenvalue weighted by molar-refractivity contribution is -0.141. The number of piperidine rings is 1. The number of carbonyl (C=O) groups excluding carboxylic acids is 4. The fraction of sp³-hybridized carbons (Fsp3) is 0.295. The number of fused-ring (bicyclic) bond motifs is 2. The van der Waals surface area contributed by atoms with Crippen molar-refractivity contribution in [3.8, 4) is 34.4 Å². The van der Waals surface area contributed by atoms with E-state index >= 15 is 0 Å². The number of imidazole rings is 1. The molecule has 0 radical (unpaired) electrons. The third-order valence-electron chi connectivity index (χ3n) is 10.8. The van der Waals surface area contributed by atoms with E-state index in [0.717, 1.165) is 80.1 Å². The minimum absolute atomic E-state index is 0.0621. The topological polar surface area (TPSA) is 168 Å². The number of nitrogens with two attached hydrogens (primary N) is 1. The van der Waals surface area contributed by atoms with Crippen LogP contribution >= 0.6 is 0 Å². The molecule has 7 rings (SSSR count). The van der Waals surface area contributed by atoms with Crippen LogP contribution in [0, 0.1) is 18.8 Å². The van der Waals surface area contributed by atoms with Crippen molar-refractivity contribution in [1.29, 1.82) is 0 Å². The fourth-order valence-corrected chi connectivity index (χ4v) is 7.64. The van der Waals surface area contributed by atoms with Gasteiger partial charge in [-0.2, -0.15) is 0 Å². The number of pyridine rings is 1. The Bertz CT molecular complexity index is 2510. The highest BCUT2D eigenvalue weighted by Crippen LogP contribution is 2.35. The van der Waals surface area contributed by atoms with Crippen LogP contribution in [0.25, 0.3) is 33.3 Å². The normalized spacial score (nSPS) is 15.4. The first-order chi connectivity index (χ1) is 27.6. The summed E-state index contributed by atoms with van der Waals surface area (Å²) >= 11 is 0. The van der Waals surface area contributed by atoms with Gasteiger partial charge in [-0.3, -0.25) is 34.5 Å². The van der Waals surface area contributed by atoms with Gasteiger partial charge in [0.25, 0.3) is 0 Å². The zero-order valence-corrected chi connectivity index (χ0v) is 32.6. The Balaban J connectivity index is 1.10. The number of nitrogens with one attached hydrogen (secondary N) is 2. The van der Waals surface area contributed by atoms with E-state index in [1.54, 1.807) is 6.92 Å². The van der Waals surface area contributed by atoms with Crippen molar-refractivity contribution in [3.63, 3.8) is 0 Å². The smallest absolute Gasteiger partial charge is 0.249 e. The van der Waals surface area contributed by atoms with E-state index in [9.17, 15) is 19.2 Å². The fourth-order valence-electron chi connectivity index (χ4n) is 7.64.